The van der Waals surface area contributed by atoms with Crippen molar-refractivity contribution in [1.29, 1.82) is 0 Å². The topological polar surface area (TPSA) is 46.9 Å². The quantitative estimate of drug-likeness (QED) is 0.459. The first-order valence-electron chi connectivity index (χ1n) is 10.0. The van der Waals surface area contributed by atoms with Crippen molar-refractivity contribution in [3.05, 3.63) is 101 Å². The Bertz CT molecular complexity index is 1220. The third-order valence-electron chi connectivity index (χ3n) is 5.26. The summed E-state index contributed by atoms with van der Waals surface area (Å²) in [6, 6.07) is 24.2. The molecule has 0 aliphatic rings. The van der Waals surface area contributed by atoms with Gasteiger partial charge in [-0.15, -0.1) is 0 Å². The van der Waals surface area contributed by atoms with Crippen molar-refractivity contribution >= 4 is 11.6 Å². The third-order valence-corrected chi connectivity index (χ3v) is 5.26. The van der Waals surface area contributed by atoms with Gasteiger partial charge in [0.1, 0.15) is 0 Å². The molecule has 150 valence electrons. The third kappa shape index (κ3) is 3.90. The normalized spacial score (nSPS) is 10.8. The van der Waals surface area contributed by atoms with E-state index < -0.39 is 0 Å². The fourth-order valence-corrected chi connectivity index (χ4v) is 3.55. The minimum Gasteiger partial charge on any atom is -0.320 e. The van der Waals surface area contributed by atoms with E-state index in [1.54, 1.807) is 0 Å². The van der Waals surface area contributed by atoms with Crippen molar-refractivity contribution in [3.63, 3.8) is 0 Å². The summed E-state index contributed by atoms with van der Waals surface area (Å²) in [7, 11) is 0. The highest BCUT2D eigenvalue weighted by atomic mass is 16.2. The van der Waals surface area contributed by atoms with E-state index in [1.807, 2.05) is 67.9 Å². The molecule has 0 unspecified atom stereocenters. The molecule has 3 aromatic carbocycles. The van der Waals surface area contributed by atoms with Crippen LogP contribution in [0.1, 0.15) is 32.7 Å². The number of hydrogen-bond acceptors (Lipinski definition) is 2. The summed E-state index contributed by atoms with van der Waals surface area (Å²) in [6.07, 6.45) is 0. The Labute approximate surface area is 177 Å². The summed E-state index contributed by atoms with van der Waals surface area (Å²) in [5.74, 6) is -0.220. The molecule has 0 saturated carbocycles. The van der Waals surface area contributed by atoms with Gasteiger partial charge >= 0.3 is 0 Å². The Morgan fingerprint density at radius 1 is 0.800 bits per heavy atom. The van der Waals surface area contributed by atoms with Gasteiger partial charge in [0, 0.05) is 11.3 Å². The smallest absolute Gasteiger partial charge is 0.276 e. The number of carbonyl (C=O) groups excluding carboxylic acids is 1. The Hall–Kier alpha value is -3.66. The Morgan fingerprint density at radius 2 is 1.50 bits per heavy atom. The average molecular weight is 396 g/mol. The van der Waals surface area contributed by atoms with Crippen molar-refractivity contribution in [3.8, 4) is 16.9 Å². The molecule has 0 aliphatic carbocycles. The maximum atomic E-state index is 13.0. The highest BCUT2D eigenvalue weighted by molar-refractivity contribution is 6.04. The van der Waals surface area contributed by atoms with Crippen LogP contribution in [0.15, 0.2) is 72.8 Å². The molecule has 0 bridgehead atoms. The highest BCUT2D eigenvalue weighted by Crippen LogP contribution is 2.27. The fraction of sp³-hybridized carbons (Fsp3) is 0.154. The summed E-state index contributed by atoms with van der Waals surface area (Å²) < 4.78 is 1.86. The van der Waals surface area contributed by atoms with Gasteiger partial charge in [0.05, 0.1) is 11.4 Å². The molecular weight excluding hydrogens is 370 g/mol. The van der Waals surface area contributed by atoms with Crippen LogP contribution in [0, 0.1) is 27.7 Å². The molecule has 4 aromatic rings. The molecule has 0 aliphatic heterocycles. The lowest BCUT2D eigenvalue weighted by Gasteiger charge is -2.10. The Kier molecular flexibility index (Phi) is 5.23. The first-order valence-corrected chi connectivity index (χ1v) is 10.0. The molecule has 0 radical (unpaired) electrons. The summed E-state index contributed by atoms with van der Waals surface area (Å²) in [4.78, 5) is 13.0. The van der Waals surface area contributed by atoms with E-state index in [4.69, 9.17) is 0 Å². The van der Waals surface area contributed by atoms with Crippen molar-refractivity contribution in [1.82, 2.24) is 9.78 Å². The molecule has 0 saturated heterocycles. The first-order chi connectivity index (χ1) is 14.4. The van der Waals surface area contributed by atoms with E-state index in [9.17, 15) is 4.79 Å². The zero-order valence-corrected chi connectivity index (χ0v) is 17.7. The molecule has 0 atom stereocenters. The summed E-state index contributed by atoms with van der Waals surface area (Å²) in [5, 5.41) is 7.69. The predicted octanol–water partition coefficient (Wildman–Crippen LogP) is 6.03. The summed E-state index contributed by atoms with van der Waals surface area (Å²) in [5.41, 5.74) is 8.51. The van der Waals surface area contributed by atoms with Gasteiger partial charge in [-0.3, -0.25) is 4.79 Å². The van der Waals surface area contributed by atoms with E-state index in [2.05, 4.69) is 47.7 Å². The van der Waals surface area contributed by atoms with Crippen LogP contribution in [0.4, 0.5) is 5.69 Å². The van der Waals surface area contributed by atoms with Crippen LogP contribution in [-0.4, -0.2) is 15.7 Å². The maximum Gasteiger partial charge on any atom is 0.276 e. The van der Waals surface area contributed by atoms with Gasteiger partial charge in [-0.05, 0) is 57.0 Å². The average Bonchev–Trinajstić information content (AvgIpc) is 3.16. The number of hydrogen-bond donors (Lipinski definition) is 1. The zero-order chi connectivity index (χ0) is 21.3. The van der Waals surface area contributed by atoms with Gasteiger partial charge < -0.3 is 5.32 Å². The zero-order valence-electron chi connectivity index (χ0n) is 17.7. The Morgan fingerprint density at radius 3 is 2.20 bits per heavy atom. The van der Waals surface area contributed by atoms with Gasteiger partial charge in [-0.25, -0.2) is 4.68 Å². The van der Waals surface area contributed by atoms with E-state index in [0.29, 0.717) is 5.69 Å². The number of anilines is 1. The highest BCUT2D eigenvalue weighted by Gasteiger charge is 2.18. The predicted molar refractivity (Wildman–Crippen MR) is 122 cm³/mol. The minimum absolute atomic E-state index is 0.220. The van der Waals surface area contributed by atoms with Crippen LogP contribution >= 0.6 is 0 Å². The maximum absolute atomic E-state index is 13.0. The molecule has 1 heterocycles. The SMILES string of the molecule is Cc1ccc(-c2cc(C(=O)Nc3ccc(C)cc3C)nn2-c2ccccc2C)cc1. The number of aryl methyl sites for hydroxylation is 4. The van der Waals surface area contributed by atoms with Crippen molar-refractivity contribution in [2.24, 2.45) is 0 Å². The van der Waals surface area contributed by atoms with Crippen molar-refractivity contribution < 1.29 is 4.79 Å². The molecular formula is C26H25N3O. The van der Waals surface area contributed by atoms with Crippen LogP contribution < -0.4 is 5.32 Å². The van der Waals surface area contributed by atoms with E-state index in [1.165, 1.54) is 5.56 Å². The lowest BCUT2D eigenvalue weighted by Crippen LogP contribution is -2.14. The van der Waals surface area contributed by atoms with Gasteiger partial charge in [-0.2, -0.15) is 5.10 Å². The molecule has 1 aromatic heterocycles. The second-order valence-electron chi connectivity index (χ2n) is 7.75. The summed E-state index contributed by atoms with van der Waals surface area (Å²) >= 11 is 0. The van der Waals surface area contributed by atoms with E-state index in [-0.39, 0.29) is 5.91 Å². The number of nitrogens with one attached hydrogen (secondary N) is 1. The first kappa shape index (κ1) is 19.6. The molecule has 4 nitrogen and oxygen atoms in total. The number of amides is 1. The lowest BCUT2D eigenvalue weighted by molar-refractivity contribution is 0.102. The molecule has 4 heteroatoms. The Balaban J connectivity index is 1.77. The molecule has 0 spiro atoms. The largest absolute Gasteiger partial charge is 0.320 e. The molecule has 1 N–H and O–H groups in total. The number of nitrogens with zero attached hydrogens (tertiary/aromatic N) is 2. The standard InChI is InChI=1S/C26H25N3O/c1-17-9-12-21(13-10-17)25-16-23(28-29(25)24-8-6-5-7-19(24)3)26(30)27-22-14-11-18(2)15-20(22)4/h5-16H,1-4H3,(H,27,30). The minimum atomic E-state index is -0.220. The van der Waals surface area contributed by atoms with Crippen LogP contribution in [0.2, 0.25) is 0 Å². The second-order valence-corrected chi connectivity index (χ2v) is 7.75. The van der Waals surface area contributed by atoms with Crippen LogP contribution in [-0.2, 0) is 0 Å². The second kappa shape index (κ2) is 7.99. The lowest BCUT2D eigenvalue weighted by atomic mass is 10.1. The number of aromatic nitrogens is 2. The van der Waals surface area contributed by atoms with Gasteiger partial charge in [0.2, 0.25) is 0 Å². The van der Waals surface area contributed by atoms with E-state index in [0.717, 1.165) is 39.3 Å². The van der Waals surface area contributed by atoms with Gasteiger partial charge in [-0.1, -0.05) is 65.7 Å². The summed E-state index contributed by atoms with van der Waals surface area (Å²) in [6.45, 7) is 8.14. The van der Waals surface area contributed by atoms with Gasteiger partial charge in [0.25, 0.3) is 5.91 Å². The molecule has 4 rings (SSSR count). The molecule has 30 heavy (non-hydrogen) atoms. The van der Waals surface area contributed by atoms with Gasteiger partial charge in [0.15, 0.2) is 5.69 Å². The number of para-hydroxylation sites is 1. The number of rotatable bonds is 4. The van der Waals surface area contributed by atoms with Crippen molar-refractivity contribution in [2.45, 2.75) is 27.7 Å². The van der Waals surface area contributed by atoms with E-state index >= 15 is 0 Å². The van der Waals surface area contributed by atoms with Crippen LogP contribution in [0.3, 0.4) is 0 Å². The fourth-order valence-electron chi connectivity index (χ4n) is 3.55. The molecule has 1 amide bonds. The number of carbonyl (C=O) groups is 1. The van der Waals surface area contributed by atoms with Crippen LogP contribution in [0.5, 0.6) is 0 Å². The van der Waals surface area contributed by atoms with Crippen LogP contribution in [0.25, 0.3) is 16.9 Å². The number of benzene rings is 3. The van der Waals surface area contributed by atoms with Crippen molar-refractivity contribution in [2.75, 3.05) is 5.32 Å². The molecule has 0 fully saturated rings. The monoisotopic (exact) mass is 395 g/mol.